The summed E-state index contributed by atoms with van der Waals surface area (Å²) >= 11 is 0. The first kappa shape index (κ1) is 18.2. The zero-order valence-electron chi connectivity index (χ0n) is 13.1. The summed E-state index contributed by atoms with van der Waals surface area (Å²) in [5, 5.41) is 3.10. The van der Waals surface area contributed by atoms with E-state index >= 15 is 0 Å². The van der Waals surface area contributed by atoms with Crippen LogP contribution in [-0.2, 0) is 9.59 Å². The van der Waals surface area contributed by atoms with Gasteiger partial charge in [0.1, 0.15) is 0 Å². The normalized spacial score (nSPS) is 23.2. The number of piperazine rings is 1. The maximum atomic E-state index is 12.2. The maximum absolute atomic E-state index is 12.2. The van der Waals surface area contributed by atoms with Gasteiger partial charge in [-0.15, -0.1) is 12.4 Å². The first-order chi connectivity index (χ1) is 9.58. The largest absolute Gasteiger partial charge is 0.341 e. The van der Waals surface area contributed by atoms with Crippen molar-refractivity contribution in [2.45, 2.75) is 45.6 Å². The summed E-state index contributed by atoms with van der Waals surface area (Å²) in [5.74, 6) is 0.998. The van der Waals surface area contributed by atoms with Crippen molar-refractivity contribution in [1.82, 2.24) is 15.1 Å². The number of hydrogen-bond acceptors (Lipinski definition) is 3. The first-order valence-corrected chi connectivity index (χ1v) is 7.86. The minimum atomic E-state index is 0. The van der Waals surface area contributed by atoms with Crippen molar-refractivity contribution in [3.05, 3.63) is 0 Å². The van der Waals surface area contributed by atoms with Crippen LogP contribution in [0.5, 0.6) is 0 Å². The summed E-state index contributed by atoms with van der Waals surface area (Å²) in [4.78, 5) is 28.1. The molecule has 2 amide bonds. The Labute approximate surface area is 133 Å². The van der Waals surface area contributed by atoms with E-state index in [1.165, 1.54) is 0 Å². The Hall–Kier alpha value is -0.810. The number of carbonyl (C=O) groups excluding carboxylic acids is 2. The van der Waals surface area contributed by atoms with Gasteiger partial charge in [-0.2, -0.15) is 0 Å². The van der Waals surface area contributed by atoms with Gasteiger partial charge >= 0.3 is 0 Å². The van der Waals surface area contributed by atoms with Crippen LogP contribution in [0, 0.1) is 5.92 Å². The summed E-state index contributed by atoms with van der Waals surface area (Å²) in [7, 11) is 0. The van der Waals surface area contributed by atoms with Crippen LogP contribution >= 0.6 is 12.4 Å². The zero-order valence-corrected chi connectivity index (χ0v) is 14.0. The van der Waals surface area contributed by atoms with Gasteiger partial charge in [0.2, 0.25) is 11.8 Å². The highest BCUT2D eigenvalue weighted by Crippen LogP contribution is 2.18. The molecule has 0 radical (unpaired) electrons. The van der Waals surface area contributed by atoms with Gasteiger partial charge in [-0.1, -0.05) is 13.8 Å². The Kier molecular flexibility index (Phi) is 7.46. The van der Waals surface area contributed by atoms with E-state index in [-0.39, 0.29) is 30.3 Å². The molecule has 0 aliphatic carbocycles. The predicted octanol–water partition coefficient (Wildman–Crippen LogP) is 1.27. The van der Waals surface area contributed by atoms with Crippen molar-refractivity contribution in [3.63, 3.8) is 0 Å². The third-order valence-corrected chi connectivity index (χ3v) is 4.25. The van der Waals surface area contributed by atoms with E-state index < -0.39 is 0 Å². The van der Waals surface area contributed by atoms with Crippen molar-refractivity contribution in [1.29, 1.82) is 0 Å². The molecule has 2 saturated heterocycles. The number of rotatable bonds is 4. The molecule has 0 aromatic carbocycles. The second-order valence-corrected chi connectivity index (χ2v) is 6.33. The van der Waals surface area contributed by atoms with Crippen LogP contribution in [0.15, 0.2) is 0 Å². The molecule has 0 saturated carbocycles. The van der Waals surface area contributed by atoms with Crippen molar-refractivity contribution in [2.24, 2.45) is 5.92 Å². The molecule has 1 atom stereocenters. The lowest BCUT2D eigenvalue weighted by molar-refractivity contribution is -0.140. The zero-order chi connectivity index (χ0) is 14.5. The molecule has 0 bridgehead atoms. The standard InChI is InChI=1S/C15H27N3O2.ClH/c1-12(2)5-6-14(19)17-8-3-4-13(11-17)18-9-7-16-10-15(18)20;/h12-13,16H,3-11H2,1-2H3;1H. The number of hydrogen-bond donors (Lipinski definition) is 1. The number of nitrogens with zero attached hydrogens (tertiary/aromatic N) is 2. The second kappa shape index (κ2) is 8.59. The van der Waals surface area contributed by atoms with Gasteiger partial charge in [0, 0.05) is 38.6 Å². The summed E-state index contributed by atoms with van der Waals surface area (Å²) in [6, 6.07) is 0.223. The van der Waals surface area contributed by atoms with E-state index in [0.717, 1.165) is 45.4 Å². The quantitative estimate of drug-likeness (QED) is 0.849. The van der Waals surface area contributed by atoms with E-state index in [4.69, 9.17) is 0 Å². The molecule has 6 heteroatoms. The Balaban J connectivity index is 0.00000220. The van der Waals surface area contributed by atoms with E-state index in [1.807, 2.05) is 9.80 Å². The average molecular weight is 318 g/mol. The molecule has 2 rings (SSSR count). The lowest BCUT2D eigenvalue weighted by Gasteiger charge is -2.41. The third-order valence-electron chi connectivity index (χ3n) is 4.25. The monoisotopic (exact) mass is 317 g/mol. The van der Waals surface area contributed by atoms with Crippen LogP contribution in [0.25, 0.3) is 0 Å². The fourth-order valence-corrected chi connectivity index (χ4v) is 3.01. The Morgan fingerprint density at radius 1 is 1.38 bits per heavy atom. The minimum absolute atomic E-state index is 0. The van der Waals surface area contributed by atoms with Crippen molar-refractivity contribution >= 4 is 24.2 Å². The third kappa shape index (κ3) is 5.15. The highest BCUT2D eigenvalue weighted by Gasteiger charge is 2.31. The van der Waals surface area contributed by atoms with Crippen LogP contribution in [0.2, 0.25) is 0 Å². The molecule has 2 heterocycles. The summed E-state index contributed by atoms with van der Waals surface area (Å²) in [5.41, 5.74) is 0. The summed E-state index contributed by atoms with van der Waals surface area (Å²) < 4.78 is 0. The van der Waals surface area contributed by atoms with Gasteiger partial charge in [-0.05, 0) is 25.2 Å². The van der Waals surface area contributed by atoms with E-state index in [2.05, 4.69) is 19.2 Å². The molecular formula is C15H28ClN3O2. The topological polar surface area (TPSA) is 52.7 Å². The van der Waals surface area contributed by atoms with Gasteiger partial charge in [-0.25, -0.2) is 0 Å². The summed E-state index contributed by atoms with van der Waals surface area (Å²) in [6.45, 7) is 7.95. The fraction of sp³-hybridized carbons (Fsp3) is 0.867. The fourth-order valence-electron chi connectivity index (χ4n) is 3.01. The van der Waals surface area contributed by atoms with E-state index in [9.17, 15) is 9.59 Å². The van der Waals surface area contributed by atoms with Crippen LogP contribution in [0.1, 0.15) is 39.5 Å². The molecule has 0 spiro atoms. The van der Waals surface area contributed by atoms with Gasteiger partial charge in [0.05, 0.1) is 6.54 Å². The van der Waals surface area contributed by atoms with Gasteiger partial charge in [0.25, 0.3) is 0 Å². The SMILES string of the molecule is CC(C)CCC(=O)N1CCCC(N2CCNCC2=O)C1.Cl. The highest BCUT2D eigenvalue weighted by atomic mass is 35.5. The van der Waals surface area contributed by atoms with Crippen molar-refractivity contribution in [2.75, 3.05) is 32.7 Å². The molecule has 1 unspecified atom stereocenters. The van der Waals surface area contributed by atoms with Crippen molar-refractivity contribution in [3.8, 4) is 0 Å². The lowest BCUT2D eigenvalue weighted by Crippen LogP contribution is -2.57. The van der Waals surface area contributed by atoms with Gasteiger partial charge < -0.3 is 15.1 Å². The number of nitrogens with one attached hydrogen (secondary N) is 1. The molecule has 0 aromatic rings. The minimum Gasteiger partial charge on any atom is -0.341 e. The van der Waals surface area contributed by atoms with Crippen LogP contribution in [-0.4, -0.2) is 60.4 Å². The highest BCUT2D eigenvalue weighted by molar-refractivity contribution is 5.85. The molecule has 122 valence electrons. The van der Waals surface area contributed by atoms with E-state index in [1.54, 1.807) is 0 Å². The molecule has 0 aromatic heterocycles. The molecular weight excluding hydrogens is 290 g/mol. The number of amides is 2. The number of halogens is 1. The van der Waals surface area contributed by atoms with Crippen molar-refractivity contribution < 1.29 is 9.59 Å². The smallest absolute Gasteiger partial charge is 0.236 e. The van der Waals surface area contributed by atoms with E-state index in [0.29, 0.717) is 18.9 Å². The lowest BCUT2D eigenvalue weighted by atomic mass is 10.0. The molecule has 2 fully saturated rings. The Bertz CT molecular complexity index is 363. The van der Waals surface area contributed by atoms with Gasteiger partial charge in [-0.3, -0.25) is 9.59 Å². The van der Waals surface area contributed by atoms with Crippen LogP contribution in [0.3, 0.4) is 0 Å². The Morgan fingerprint density at radius 3 is 2.81 bits per heavy atom. The predicted molar refractivity (Wildman–Crippen MR) is 85.5 cm³/mol. The van der Waals surface area contributed by atoms with Crippen LogP contribution in [0.4, 0.5) is 0 Å². The number of piperidine rings is 1. The molecule has 5 nitrogen and oxygen atoms in total. The first-order valence-electron chi connectivity index (χ1n) is 7.86. The molecule has 2 aliphatic rings. The molecule has 2 aliphatic heterocycles. The van der Waals surface area contributed by atoms with Gasteiger partial charge in [0.15, 0.2) is 0 Å². The second-order valence-electron chi connectivity index (χ2n) is 6.33. The summed E-state index contributed by atoms with van der Waals surface area (Å²) in [6.07, 6.45) is 3.63. The molecule has 1 N–H and O–H groups in total. The average Bonchev–Trinajstić information content (AvgIpc) is 2.45. The number of carbonyl (C=O) groups is 2. The molecule has 21 heavy (non-hydrogen) atoms. The Morgan fingerprint density at radius 2 is 2.14 bits per heavy atom. The number of likely N-dealkylation sites (tertiary alicyclic amines) is 1. The maximum Gasteiger partial charge on any atom is 0.236 e. The van der Waals surface area contributed by atoms with Crippen LogP contribution < -0.4 is 5.32 Å².